The van der Waals surface area contributed by atoms with E-state index in [1.54, 1.807) is 0 Å². The van der Waals surface area contributed by atoms with Crippen LogP contribution in [0.2, 0.25) is 6.32 Å². The third kappa shape index (κ3) is 3.05. The van der Waals surface area contributed by atoms with Gasteiger partial charge in [-0.15, -0.1) is 0 Å². The number of rotatable bonds is 4. The van der Waals surface area contributed by atoms with E-state index in [1.807, 2.05) is 0 Å². The molecule has 8 heavy (non-hydrogen) atoms. The molecule has 0 aliphatic carbocycles. The SMILES string of the molecule is [B]CC(CO)CCO. The van der Waals surface area contributed by atoms with Crippen LogP contribution in [-0.4, -0.2) is 31.3 Å². The van der Waals surface area contributed by atoms with Crippen LogP contribution in [0.1, 0.15) is 6.42 Å². The van der Waals surface area contributed by atoms with Gasteiger partial charge in [0.2, 0.25) is 0 Å². The Morgan fingerprint density at radius 1 is 1.38 bits per heavy atom. The Bertz CT molecular complexity index is 45.7. The number of aliphatic hydroxyl groups is 2. The van der Waals surface area contributed by atoms with E-state index in [4.69, 9.17) is 18.1 Å². The molecule has 46 valence electrons. The molecule has 2 N–H and O–H groups in total. The number of hydrogen-bond donors (Lipinski definition) is 2. The highest BCUT2D eigenvalue weighted by atomic mass is 16.3. The molecule has 0 bridgehead atoms. The van der Waals surface area contributed by atoms with Crippen LogP contribution in [0.25, 0.3) is 0 Å². The van der Waals surface area contributed by atoms with Crippen molar-refractivity contribution >= 4 is 7.85 Å². The van der Waals surface area contributed by atoms with Crippen molar-refractivity contribution in [3.63, 3.8) is 0 Å². The molecule has 0 fully saturated rings. The van der Waals surface area contributed by atoms with Gasteiger partial charge in [0, 0.05) is 13.2 Å². The molecule has 0 aliphatic heterocycles. The van der Waals surface area contributed by atoms with Crippen molar-refractivity contribution in [3.8, 4) is 0 Å². The van der Waals surface area contributed by atoms with Crippen LogP contribution in [0, 0.1) is 5.92 Å². The first-order chi connectivity index (χ1) is 3.85. The lowest BCUT2D eigenvalue weighted by atomic mass is 9.90. The summed E-state index contributed by atoms with van der Waals surface area (Å²) in [6, 6.07) is 0. The molecule has 0 aromatic carbocycles. The van der Waals surface area contributed by atoms with Gasteiger partial charge in [0.1, 0.15) is 0 Å². The van der Waals surface area contributed by atoms with E-state index >= 15 is 0 Å². The van der Waals surface area contributed by atoms with Crippen molar-refractivity contribution in [1.82, 2.24) is 0 Å². The molecule has 0 aromatic rings. The third-order valence-electron chi connectivity index (χ3n) is 1.13. The van der Waals surface area contributed by atoms with E-state index in [9.17, 15) is 0 Å². The summed E-state index contributed by atoms with van der Waals surface area (Å²) < 4.78 is 0. The van der Waals surface area contributed by atoms with Gasteiger partial charge in [-0.1, -0.05) is 6.32 Å². The first-order valence-corrected chi connectivity index (χ1v) is 2.77. The van der Waals surface area contributed by atoms with Gasteiger partial charge in [-0.2, -0.15) is 0 Å². The van der Waals surface area contributed by atoms with Gasteiger partial charge in [0.15, 0.2) is 0 Å². The second-order valence-electron chi connectivity index (χ2n) is 1.80. The highest BCUT2D eigenvalue weighted by Crippen LogP contribution is 2.03. The van der Waals surface area contributed by atoms with Gasteiger partial charge >= 0.3 is 0 Å². The molecule has 0 saturated carbocycles. The van der Waals surface area contributed by atoms with Gasteiger partial charge in [-0.3, -0.25) is 0 Å². The van der Waals surface area contributed by atoms with Crippen LogP contribution in [0.15, 0.2) is 0 Å². The van der Waals surface area contributed by atoms with Gasteiger partial charge < -0.3 is 10.2 Å². The second-order valence-corrected chi connectivity index (χ2v) is 1.80. The van der Waals surface area contributed by atoms with Crippen molar-refractivity contribution in [2.75, 3.05) is 13.2 Å². The molecular formula is C5H11BO2. The topological polar surface area (TPSA) is 40.5 Å². The monoisotopic (exact) mass is 114 g/mol. The van der Waals surface area contributed by atoms with E-state index in [-0.39, 0.29) is 19.1 Å². The van der Waals surface area contributed by atoms with E-state index in [0.717, 1.165) is 0 Å². The molecule has 1 unspecified atom stereocenters. The van der Waals surface area contributed by atoms with Crippen LogP contribution < -0.4 is 0 Å². The van der Waals surface area contributed by atoms with Gasteiger partial charge in [-0.25, -0.2) is 0 Å². The smallest absolute Gasteiger partial charge is 0.0657 e. The highest BCUT2D eigenvalue weighted by molar-refractivity contribution is 6.08. The molecular weight excluding hydrogens is 103 g/mol. The molecule has 0 aromatic heterocycles. The summed E-state index contributed by atoms with van der Waals surface area (Å²) in [5, 5.41) is 16.8. The predicted molar refractivity (Wildman–Crippen MR) is 32.8 cm³/mol. The first-order valence-electron chi connectivity index (χ1n) is 2.77. The van der Waals surface area contributed by atoms with Crippen LogP contribution in [0.5, 0.6) is 0 Å². The molecule has 0 saturated heterocycles. The summed E-state index contributed by atoms with van der Waals surface area (Å²) in [6.07, 6.45) is 1.06. The zero-order valence-electron chi connectivity index (χ0n) is 4.88. The fourth-order valence-corrected chi connectivity index (χ4v) is 0.466. The first kappa shape index (κ1) is 7.98. The van der Waals surface area contributed by atoms with E-state index in [0.29, 0.717) is 12.7 Å². The van der Waals surface area contributed by atoms with Crippen LogP contribution >= 0.6 is 0 Å². The zero-order valence-corrected chi connectivity index (χ0v) is 4.88. The van der Waals surface area contributed by atoms with E-state index in [2.05, 4.69) is 0 Å². The maximum absolute atomic E-state index is 8.47. The minimum atomic E-state index is 0.0804. The molecule has 2 radical (unpaired) electrons. The lowest BCUT2D eigenvalue weighted by molar-refractivity contribution is 0.194. The Morgan fingerprint density at radius 3 is 2.12 bits per heavy atom. The molecule has 0 heterocycles. The van der Waals surface area contributed by atoms with Gasteiger partial charge in [-0.05, 0) is 12.3 Å². The summed E-state index contributed by atoms with van der Waals surface area (Å²) in [6.45, 7) is 0.194. The Hall–Kier alpha value is -0.0151. The second kappa shape index (κ2) is 5.13. The van der Waals surface area contributed by atoms with Crippen molar-refractivity contribution in [3.05, 3.63) is 0 Å². The van der Waals surface area contributed by atoms with Crippen LogP contribution in [-0.2, 0) is 0 Å². The summed E-state index contributed by atoms with van der Waals surface area (Å²) in [4.78, 5) is 0. The Morgan fingerprint density at radius 2 is 2.00 bits per heavy atom. The lowest BCUT2D eigenvalue weighted by Gasteiger charge is -2.07. The van der Waals surface area contributed by atoms with E-state index < -0.39 is 0 Å². The molecule has 0 rings (SSSR count). The number of aliphatic hydroxyl groups excluding tert-OH is 2. The van der Waals surface area contributed by atoms with Crippen molar-refractivity contribution in [2.24, 2.45) is 5.92 Å². The van der Waals surface area contributed by atoms with Crippen molar-refractivity contribution < 1.29 is 10.2 Å². The average molecular weight is 114 g/mol. The maximum atomic E-state index is 8.47. The van der Waals surface area contributed by atoms with E-state index in [1.165, 1.54) is 0 Å². The predicted octanol–water partition coefficient (Wildman–Crippen LogP) is -0.436. The minimum absolute atomic E-state index is 0.0804. The lowest BCUT2D eigenvalue weighted by Crippen LogP contribution is -2.06. The van der Waals surface area contributed by atoms with Crippen molar-refractivity contribution in [1.29, 1.82) is 0 Å². The summed E-state index contributed by atoms with van der Waals surface area (Å²) in [5.74, 6) is 0.0833. The fourth-order valence-electron chi connectivity index (χ4n) is 0.466. The van der Waals surface area contributed by atoms with Gasteiger partial charge in [0.25, 0.3) is 0 Å². The maximum Gasteiger partial charge on any atom is 0.0657 e. The molecule has 1 atom stereocenters. The minimum Gasteiger partial charge on any atom is -0.396 e. The molecule has 0 aliphatic rings. The molecule has 0 spiro atoms. The standard InChI is InChI=1S/C5H11BO2/c6-3-5(4-8)1-2-7/h5,7-8H,1-4H2. The largest absolute Gasteiger partial charge is 0.396 e. The summed E-state index contributed by atoms with van der Waals surface area (Å²) >= 11 is 0. The summed E-state index contributed by atoms with van der Waals surface area (Å²) in [7, 11) is 5.20. The molecule has 0 amide bonds. The highest BCUT2D eigenvalue weighted by Gasteiger charge is 2.00. The normalized spacial score (nSPS) is 13.8. The van der Waals surface area contributed by atoms with Gasteiger partial charge in [0.05, 0.1) is 7.85 Å². The Labute approximate surface area is 50.9 Å². The zero-order chi connectivity index (χ0) is 6.41. The number of hydrogen-bond acceptors (Lipinski definition) is 2. The van der Waals surface area contributed by atoms with Crippen molar-refractivity contribution in [2.45, 2.75) is 12.7 Å². The van der Waals surface area contributed by atoms with Crippen LogP contribution in [0.4, 0.5) is 0 Å². The Balaban J connectivity index is 3.07. The Kier molecular flexibility index (Phi) is 5.12. The molecule has 2 nitrogen and oxygen atoms in total. The quantitative estimate of drug-likeness (QED) is 0.486. The average Bonchev–Trinajstić information content (AvgIpc) is 1.83. The summed E-state index contributed by atoms with van der Waals surface area (Å²) in [5.41, 5.74) is 0. The van der Waals surface area contributed by atoms with Crippen LogP contribution in [0.3, 0.4) is 0 Å². The molecule has 3 heteroatoms. The fraction of sp³-hybridized carbons (Fsp3) is 1.00. The third-order valence-corrected chi connectivity index (χ3v) is 1.13.